The number of carbonyl (C=O) groups is 3. The smallest absolute Gasteiger partial charge is 0.291 e. The van der Waals surface area contributed by atoms with Crippen LogP contribution < -0.4 is 16.0 Å². The topological polar surface area (TPSA) is 100 Å². The summed E-state index contributed by atoms with van der Waals surface area (Å²) in [5, 5.41) is 8.02. The van der Waals surface area contributed by atoms with E-state index in [1.54, 1.807) is 43.3 Å². The third kappa shape index (κ3) is 5.20. The second-order valence-corrected chi connectivity index (χ2v) is 5.49. The van der Waals surface area contributed by atoms with Crippen LogP contribution in [-0.2, 0) is 4.79 Å². The van der Waals surface area contributed by atoms with E-state index in [1.807, 2.05) is 6.92 Å². The summed E-state index contributed by atoms with van der Waals surface area (Å²) < 4.78 is 5.01. The summed E-state index contributed by atoms with van der Waals surface area (Å²) in [6.07, 6.45) is 2.25. The van der Waals surface area contributed by atoms with Crippen molar-refractivity contribution in [3.05, 3.63) is 54.0 Å². The molecule has 1 heterocycles. The van der Waals surface area contributed by atoms with E-state index in [9.17, 15) is 14.4 Å². The Hall–Kier alpha value is -3.09. The van der Waals surface area contributed by atoms with Crippen LogP contribution in [0.2, 0.25) is 0 Å². The SMILES string of the molecule is CCCNC(=O)[C@@H](C)NC(=O)c1ccc(NC(=O)c2ccco2)cc1. The lowest BCUT2D eigenvalue weighted by molar-refractivity contribution is -0.122. The zero-order valence-electron chi connectivity index (χ0n) is 14.2. The lowest BCUT2D eigenvalue weighted by Gasteiger charge is -2.14. The summed E-state index contributed by atoms with van der Waals surface area (Å²) >= 11 is 0. The maximum absolute atomic E-state index is 12.2. The number of benzene rings is 1. The largest absolute Gasteiger partial charge is 0.459 e. The fourth-order valence-corrected chi connectivity index (χ4v) is 2.05. The summed E-state index contributed by atoms with van der Waals surface area (Å²) in [6.45, 7) is 4.15. The van der Waals surface area contributed by atoms with E-state index in [-0.39, 0.29) is 23.5 Å². The van der Waals surface area contributed by atoms with Crippen molar-refractivity contribution in [2.45, 2.75) is 26.3 Å². The average molecular weight is 343 g/mol. The van der Waals surface area contributed by atoms with Gasteiger partial charge < -0.3 is 20.4 Å². The molecule has 0 bridgehead atoms. The van der Waals surface area contributed by atoms with Crippen molar-refractivity contribution in [1.82, 2.24) is 10.6 Å². The van der Waals surface area contributed by atoms with Crippen molar-refractivity contribution in [3.8, 4) is 0 Å². The number of hydrogen-bond donors (Lipinski definition) is 3. The van der Waals surface area contributed by atoms with E-state index >= 15 is 0 Å². The molecular formula is C18H21N3O4. The van der Waals surface area contributed by atoms with Gasteiger partial charge >= 0.3 is 0 Å². The van der Waals surface area contributed by atoms with Gasteiger partial charge in [-0.05, 0) is 49.7 Å². The summed E-state index contributed by atoms with van der Waals surface area (Å²) in [5.74, 6) is -0.752. The lowest BCUT2D eigenvalue weighted by Crippen LogP contribution is -2.44. The second kappa shape index (κ2) is 8.68. The van der Waals surface area contributed by atoms with Gasteiger partial charge in [-0.15, -0.1) is 0 Å². The highest BCUT2D eigenvalue weighted by Crippen LogP contribution is 2.12. The van der Waals surface area contributed by atoms with Crippen LogP contribution in [0.1, 0.15) is 41.2 Å². The molecule has 2 aromatic rings. The molecule has 2 rings (SSSR count). The molecule has 1 atom stereocenters. The van der Waals surface area contributed by atoms with Crippen LogP contribution in [-0.4, -0.2) is 30.3 Å². The predicted octanol–water partition coefficient (Wildman–Crippen LogP) is 2.18. The number of carbonyl (C=O) groups excluding carboxylic acids is 3. The molecule has 0 spiro atoms. The molecule has 0 saturated heterocycles. The Kier molecular flexibility index (Phi) is 6.33. The molecule has 7 heteroatoms. The number of nitrogens with one attached hydrogen (secondary N) is 3. The standard InChI is InChI=1S/C18H21N3O4/c1-3-10-19-16(22)12(2)20-17(23)13-6-8-14(9-7-13)21-18(24)15-5-4-11-25-15/h4-9,11-12H,3,10H2,1-2H3,(H,19,22)(H,20,23)(H,21,24)/t12-/m1/s1. The molecule has 132 valence electrons. The maximum Gasteiger partial charge on any atom is 0.291 e. The van der Waals surface area contributed by atoms with Gasteiger partial charge in [-0.2, -0.15) is 0 Å². The van der Waals surface area contributed by atoms with Gasteiger partial charge in [0.15, 0.2) is 5.76 Å². The van der Waals surface area contributed by atoms with Crippen molar-refractivity contribution < 1.29 is 18.8 Å². The minimum absolute atomic E-state index is 0.203. The first kappa shape index (κ1) is 18.3. The van der Waals surface area contributed by atoms with Gasteiger partial charge in [-0.25, -0.2) is 0 Å². The first-order valence-corrected chi connectivity index (χ1v) is 8.04. The van der Waals surface area contributed by atoms with Crippen LogP contribution in [0.5, 0.6) is 0 Å². The Labute approximate surface area is 145 Å². The molecule has 0 fully saturated rings. The minimum atomic E-state index is -0.627. The zero-order chi connectivity index (χ0) is 18.2. The van der Waals surface area contributed by atoms with E-state index < -0.39 is 6.04 Å². The molecule has 0 saturated carbocycles. The van der Waals surface area contributed by atoms with E-state index in [2.05, 4.69) is 16.0 Å². The summed E-state index contributed by atoms with van der Waals surface area (Å²) in [4.78, 5) is 35.8. The normalized spacial score (nSPS) is 11.4. The highest BCUT2D eigenvalue weighted by atomic mass is 16.3. The van der Waals surface area contributed by atoms with Gasteiger partial charge in [-0.3, -0.25) is 14.4 Å². The van der Waals surface area contributed by atoms with Crippen molar-refractivity contribution in [3.63, 3.8) is 0 Å². The fraction of sp³-hybridized carbons (Fsp3) is 0.278. The van der Waals surface area contributed by atoms with Crippen LogP contribution in [0.25, 0.3) is 0 Å². The van der Waals surface area contributed by atoms with E-state index in [0.29, 0.717) is 17.8 Å². The molecule has 1 aromatic heterocycles. The van der Waals surface area contributed by atoms with Crippen molar-refractivity contribution in [2.24, 2.45) is 0 Å². The van der Waals surface area contributed by atoms with Crippen LogP contribution in [0.3, 0.4) is 0 Å². The zero-order valence-corrected chi connectivity index (χ0v) is 14.2. The molecule has 3 amide bonds. The van der Waals surface area contributed by atoms with Crippen LogP contribution in [0.15, 0.2) is 47.1 Å². The Bertz CT molecular complexity index is 723. The number of anilines is 1. The van der Waals surface area contributed by atoms with Crippen molar-refractivity contribution in [2.75, 3.05) is 11.9 Å². The third-order valence-corrected chi connectivity index (χ3v) is 3.44. The Morgan fingerprint density at radius 1 is 1.08 bits per heavy atom. The van der Waals surface area contributed by atoms with Gasteiger partial charge in [0.1, 0.15) is 6.04 Å². The number of furan rings is 1. The molecule has 0 radical (unpaired) electrons. The summed E-state index contributed by atoms with van der Waals surface area (Å²) in [5.41, 5.74) is 0.929. The van der Waals surface area contributed by atoms with E-state index in [0.717, 1.165) is 6.42 Å². The van der Waals surface area contributed by atoms with Gasteiger partial charge in [0.05, 0.1) is 6.26 Å². The van der Waals surface area contributed by atoms with Crippen LogP contribution in [0.4, 0.5) is 5.69 Å². The molecule has 1 aromatic carbocycles. The summed E-state index contributed by atoms with van der Waals surface area (Å²) in [7, 11) is 0. The maximum atomic E-state index is 12.2. The van der Waals surface area contributed by atoms with Crippen molar-refractivity contribution in [1.29, 1.82) is 0 Å². The van der Waals surface area contributed by atoms with Crippen molar-refractivity contribution >= 4 is 23.4 Å². The molecule has 0 unspecified atom stereocenters. The van der Waals surface area contributed by atoms with Crippen LogP contribution >= 0.6 is 0 Å². The predicted molar refractivity (Wildman–Crippen MR) is 93.3 cm³/mol. The van der Waals surface area contributed by atoms with Gasteiger partial charge in [0.2, 0.25) is 5.91 Å². The molecule has 0 aliphatic heterocycles. The number of rotatable bonds is 7. The molecule has 3 N–H and O–H groups in total. The van der Waals surface area contributed by atoms with Gasteiger partial charge in [0.25, 0.3) is 11.8 Å². The van der Waals surface area contributed by atoms with E-state index in [4.69, 9.17) is 4.42 Å². The first-order chi connectivity index (χ1) is 12.0. The lowest BCUT2D eigenvalue weighted by atomic mass is 10.1. The fourth-order valence-electron chi connectivity index (χ4n) is 2.05. The quantitative estimate of drug-likeness (QED) is 0.717. The highest BCUT2D eigenvalue weighted by Gasteiger charge is 2.16. The molecule has 0 aliphatic rings. The summed E-state index contributed by atoms with van der Waals surface area (Å²) in [6, 6.07) is 8.92. The van der Waals surface area contributed by atoms with Gasteiger partial charge in [-0.1, -0.05) is 6.92 Å². The van der Waals surface area contributed by atoms with Gasteiger partial charge in [0, 0.05) is 17.8 Å². The molecule has 25 heavy (non-hydrogen) atoms. The average Bonchev–Trinajstić information content (AvgIpc) is 3.14. The number of hydrogen-bond acceptors (Lipinski definition) is 4. The first-order valence-electron chi connectivity index (χ1n) is 8.04. The Morgan fingerprint density at radius 2 is 1.80 bits per heavy atom. The van der Waals surface area contributed by atoms with E-state index in [1.165, 1.54) is 6.26 Å². The molecule has 7 nitrogen and oxygen atoms in total. The number of amides is 3. The highest BCUT2D eigenvalue weighted by molar-refractivity contribution is 6.03. The second-order valence-electron chi connectivity index (χ2n) is 5.49. The monoisotopic (exact) mass is 343 g/mol. The minimum Gasteiger partial charge on any atom is -0.459 e. The molecule has 0 aliphatic carbocycles. The Morgan fingerprint density at radius 3 is 2.40 bits per heavy atom. The van der Waals surface area contributed by atoms with Crippen LogP contribution in [0, 0.1) is 0 Å². The third-order valence-electron chi connectivity index (χ3n) is 3.44. The molecular weight excluding hydrogens is 322 g/mol. The Balaban J connectivity index is 1.91.